The van der Waals surface area contributed by atoms with E-state index >= 15 is 0 Å². The highest BCUT2D eigenvalue weighted by Crippen LogP contribution is 2.32. The Morgan fingerprint density at radius 3 is 2.68 bits per heavy atom. The molecule has 38 heavy (non-hydrogen) atoms. The monoisotopic (exact) mass is 535 g/mol. The van der Waals surface area contributed by atoms with Crippen molar-refractivity contribution >= 4 is 34.6 Å². The summed E-state index contributed by atoms with van der Waals surface area (Å²) in [5, 5.41) is 12.6. The first-order valence-electron chi connectivity index (χ1n) is 11.8. The molecule has 192 valence electrons. The molecule has 0 atom stereocenters. The van der Waals surface area contributed by atoms with E-state index in [-0.39, 0.29) is 12.6 Å². The van der Waals surface area contributed by atoms with Crippen LogP contribution in [0, 0.1) is 28.9 Å². The number of amides is 1. The fourth-order valence-corrected chi connectivity index (χ4v) is 4.80. The molecule has 2 aromatic heterocycles. The van der Waals surface area contributed by atoms with E-state index in [2.05, 4.69) is 21.3 Å². The van der Waals surface area contributed by atoms with Crippen LogP contribution in [0.25, 0.3) is 17.0 Å². The molecule has 0 radical (unpaired) electrons. The average Bonchev–Trinajstić information content (AvgIpc) is 3.23. The Morgan fingerprint density at radius 1 is 1.16 bits per heavy atom. The van der Waals surface area contributed by atoms with Gasteiger partial charge in [-0.2, -0.15) is 9.65 Å². The zero-order chi connectivity index (χ0) is 26.8. The predicted molar refractivity (Wildman–Crippen MR) is 138 cm³/mol. The minimum atomic E-state index is -0.814. The molecule has 1 N–H and O–H groups in total. The van der Waals surface area contributed by atoms with Gasteiger partial charge in [0, 0.05) is 49.9 Å². The number of halogens is 4. The number of hydrogen-bond donors (Lipinski definition) is 1. The molecule has 4 aromatic rings. The van der Waals surface area contributed by atoms with Gasteiger partial charge in [0.1, 0.15) is 16.7 Å². The lowest BCUT2D eigenvalue weighted by Gasteiger charge is -2.27. The van der Waals surface area contributed by atoms with E-state index in [4.69, 9.17) is 11.6 Å². The van der Waals surface area contributed by atoms with E-state index < -0.39 is 22.6 Å². The van der Waals surface area contributed by atoms with E-state index in [9.17, 15) is 23.2 Å². The van der Waals surface area contributed by atoms with Crippen molar-refractivity contribution in [2.75, 3.05) is 13.1 Å². The summed E-state index contributed by atoms with van der Waals surface area (Å²) in [6, 6.07) is 12.2. The third-order valence-electron chi connectivity index (χ3n) is 6.48. The van der Waals surface area contributed by atoms with Crippen molar-refractivity contribution in [2.24, 2.45) is 0 Å². The lowest BCUT2D eigenvalue weighted by molar-refractivity contribution is 0.240. The summed E-state index contributed by atoms with van der Waals surface area (Å²) in [7, 11) is 0. The number of carbonyl (C=O) groups excluding carboxylic acids is 1. The highest BCUT2D eigenvalue weighted by Gasteiger charge is 2.26. The van der Waals surface area contributed by atoms with Crippen LogP contribution in [0.2, 0.25) is 5.02 Å². The first kappa shape index (κ1) is 25.5. The van der Waals surface area contributed by atoms with Crippen molar-refractivity contribution < 1.29 is 18.0 Å². The minimum absolute atomic E-state index is 0.119. The van der Waals surface area contributed by atoms with Crippen LogP contribution in [0.15, 0.2) is 54.7 Å². The molecule has 2 aromatic carbocycles. The predicted octanol–water partition coefficient (Wildman–Crippen LogP) is 5.81. The van der Waals surface area contributed by atoms with Gasteiger partial charge in [-0.05, 0) is 53.1 Å². The number of nitrogens with zero attached hydrogens (tertiary/aromatic N) is 4. The molecule has 0 saturated carbocycles. The third-order valence-corrected chi connectivity index (χ3v) is 6.84. The summed E-state index contributed by atoms with van der Waals surface area (Å²) in [4.78, 5) is 19.0. The van der Waals surface area contributed by atoms with Crippen LogP contribution in [-0.2, 0) is 19.5 Å². The molecule has 0 bridgehead atoms. The third kappa shape index (κ3) is 5.14. The Kier molecular flexibility index (Phi) is 7.18. The maximum absolute atomic E-state index is 13.7. The van der Waals surface area contributed by atoms with Crippen molar-refractivity contribution in [3.63, 3.8) is 0 Å². The Balaban J connectivity index is 1.39. The van der Waals surface area contributed by atoms with Gasteiger partial charge in [-0.3, -0.25) is 9.47 Å². The van der Waals surface area contributed by atoms with Gasteiger partial charge in [0.25, 0.3) is 0 Å². The molecule has 0 fully saturated rings. The molecule has 10 heteroatoms. The number of nitriles is 1. The first-order valence-corrected chi connectivity index (χ1v) is 12.2. The van der Waals surface area contributed by atoms with Crippen LogP contribution in [-0.4, -0.2) is 33.6 Å². The number of aromatic nitrogens is 2. The van der Waals surface area contributed by atoms with E-state index in [0.717, 1.165) is 16.6 Å². The summed E-state index contributed by atoms with van der Waals surface area (Å²) < 4.78 is 42.5. The van der Waals surface area contributed by atoms with Gasteiger partial charge in [0.15, 0.2) is 0 Å². The molecular formula is C28H21ClF3N5O. The standard InChI is InChI=1S/C28H21ClF3N5O/c29-27-22(30)10-17(11-23(27)31)2-1-8-36-9-6-24-21(16-36)20-4-3-18(14-33)12-25(20)37(24)28(38)35-15-19-5-7-34-26(32)13-19/h1-5,7,10-13H,6,8-9,15-16H2,(H,35,38). The van der Waals surface area contributed by atoms with Crippen molar-refractivity contribution in [1.29, 1.82) is 5.26 Å². The maximum Gasteiger partial charge on any atom is 0.326 e. The average molecular weight is 536 g/mol. The number of pyridine rings is 1. The number of carbonyl (C=O) groups is 1. The summed E-state index contributed by atoms with van der Waals surface area (Å²) in [5.41, 5.74) is 3.81. The normalized spacial score (nSPS) is 13.6. The second-order valence-corrected chi connectivity index (χ2v) is 9.31. The first-order chi connectivity index (χ1) is 18.3. The fraction of sp³-hybridized carbons (Fsp3) is 0.179. The number of nitrogens with one attached hydrogen (secondary N) is 1. The van der Waals surface area contributed by atoms with Crippen molar-refractivity contribution in [3.8, 4) is 6.07 Å². The largest absolute Gasteiger partial charge is 0.333 e. The van der Waals surface area contributed by atoms with E-state index in [1.54, 1.807) is 28.8 Å². The van der Waals surface area contributed by atoms with Crippen molar-refractivity contribution in [1.82, 2.24) is 19.8 Å². The summed E-state index contributed by atoms with van der Waals surface area (Å²) >= 11 is 5.55. The van der Waals surface area contributed by atoms with Crippen LogP contribution in [0.1, 0.15) is 27.9 Å². The van der Waals surface area contributed by atoms with Gasteiger partial charge in [0.2, 0.25) is 5.95 Å². The van der Waals surface area contributed by atoms with Gasteiger partial charge in [-0.25, -0.2) is 18.6 Å². The smallest absolute Gasteiger partial charge is 0.326 e. The quantitative estimate of drug-likeness (QED) is 0.259. The molecule has 6 nitrogen and oxygen atoms in total. The second-order valence-electron chi connectivity index (χ2n) is 8.94. The van der Waals surface area contributed by atoms with Crippen molar-refractivity contribution in [2.45, 2.75) is 19.5 Å². The Morgan fingerprint density at radius 2 is 1.95 bits per heavy atom. The zero-order valence-corrected chi connectivity index (χ0v) is 20.8. The second kappa shape index (κ2) is 10.7. The highest BCUT2D eigenvalue weighted by atomic mass is 35.5. The van der Waals surface area contributed by atoms with Crippen LogP contribution in [0.4, 0.5) is 18.0 Å². The molecule has 0 saturated heterocycles. The van der Waals surface area contributed by atoms with Gasteiger partial charge in [-0.1, -0.05) is 29.8 Å². The van der Waals surface area contributed by atoms with Crippen LogP contribution < -0.4 is 5.32 Å². The van der Waals surface area contributed by atoms with Crippen molar-refractivity contribution in [3.05, 3.63) is 105 Å². The highest BCUT2D eigenvalue weighted by molar-refractivity contribution is 6.30. The maximum atomic E-state index is 13.7. The molecule has 1 aliphatic rings. The molecular weight excluding hydrogens is 515 g/mol. The molecule has 1 amide bonds. The topological polar surface area (TPSA) is 74.0 Å². The minimum Gasteiger partial charge on any atom is -0.333 e. The SMILES string of the molecule is N#Cc1ccc2c3c(n(C(=O)NCc4ccnc(F)c4)c2c1)CCN(CC=Cc1cc(F)c(Cl)c(F)c1)C3. The van der Waals surface area contributed by atoms with E-state index in [1.807, 2.05) is 12.1 Å². The molecule has 0 spiro atoms. The fourth-order valence-electron chi connectivity index (χ4n) is 4.69. The lowest BCUT2D eigenvalue weighted by Crippen LogP contribution is -2.34. The Bertz CT molecular complexity index is 1600. The van der Waals surface area contributed by atoms with Crippen LogP contribution in [0.5, 0.6) is 0 Å². The van der Waals surface area contributed by atoms with Gasteiger partial charge >= 0.3 is 6.03 Å². The van der Waals surface area contributed by atoms with E-state index in [1.165, 1.54) is 24.4 Å². The molecule has 1 aliphatic heterocycles. The Labute approximate surface area is 221 Å². The number of benzene rings is 2. The molecule has 0 unspecified atom stereocenters. The van der Waals surface area contributed by atoms with E-state index in [0.29, 0.717) is 48.3 Å². The van der Waals surface area contributed by atoms with Gasteiger partial charge < -0.3 is 5.32 Å². The summed E-state index contributed by atoms with van der Waals surface area (Å²) in [6.45, 7) is 1.83. The number of rotatable bonds is 5. The molecule has 5 rings (SSSR count). The number of fused-ring (bicyclic) bond motifs is 3. The zero-order valence-electron chi connectivity index (χ0n) is 20.0. The summed E-state index contributed by atoms with van der Waals surface area (Å²) in [6.07, 6.45) is 5.36. The Hall–Kier alpha value is -4.13. The van der Waals surface area contributed by atoms with Crippen LogP contribution in [0.3, 0.4) is 0 Å². The van der Waals surface area contributed by atoms with Gasteiger partial charge in [0.05, 0.1) is 17.1 Å². The molecule has 0 aliphatic carbocycles. The summed E-state index contributed by atoms with van der Waals surface area (Å²) in [5.74, 6) is -2.25. The number of hydrogen-bond acceptors (Lipinski definition) is 4. The van der Waals surface area contributed by atoms with Crippen LogP contribution >= 0.6 is 11.6 Å². The lowest BCUT2D eigenvalue weighted by atomic mass is 10.0. The molecule has 3 heterocycles. The van der Waals surface area contributed by atoms with Gasteiger partial charge in [-0.15, -0.1) is 0 Å².